The molecule has 2 aromatic rings. The van der Waals surface area contributed by atoms with Crippen LogP contribution in [0.2, 0.25) is 0 Å². The molecule has 2 rings (SSSR count). The molecule has 0 aromatic heterocycles. The molecule has 106 valence electrons. The minimum Gasteiger partial charge on any atom is -0.479 e. The molecule has 0 saturated carbocycles. The number of fused-ring (bicyclic) bond motifs is 1. The van der Waals surface area contributed by atoms with E-state index in [9.17, 15) is 9.90 Å². The SMILES string of the molecule is CC(c1ccc2ccccc2c1)C(Cl)CC(O)C(=O)O. The van der Waals surface area contributed by atoms with Gasteiger partial charge in [-0.25, -0.2) is 4.79 Å². The van der Waals surface area contributed by atoms with Crippen LogP contribution in [-0.4, -0.2) is 27.7 Å². The second kappa shape index (κ2) is 6.25. The van der Waals surface area contributed by atoms with Crippen LogP contribution in [-0.2, 0) is 4.79 Å². The number of hydrogen-bond acceptors (Lipinski definition) is 2. The number of benzene rings is 2. The summed E-state index contributed by atoms with van der Waals surface area (Å²) < 4.78 is 0. The Morgan fingerprint density at radius 1 is 1.20 bits per heavy atom. The normalized spacial score (nSPS) is 15.8. The summed E-state index contributed by atoms with van der Waals surface area (Å²) in [4.78, 5) is 10.7. The monoisotopic (exact) mass is 292 g/mol. The third-order valence-electron chi connectivity index (χ3n) is 3.58. The molecule has 20 heavy (non-hydrogen) atoms. The summed E-state index contributed by atoms with van der Waals surface area (Å²) in [5, 5.41) is 19.9. The molecule has 0 radical (unpaired) electrons. The zero-order valence-corrected chi connectivity index (χ0v) is 11.9. The second-order valence-electron chi connectivity index (χ2n) is 5.00. The van der Waals surface area contributed by atoms with Gasteiger partial charge in [0.2, 0.25) is 0 Å². The molecule has 0 bridgehead atoms. The predicted octanol–water partition coefficient (Wildman–Crippen LogP) is 3.39. The van der Waals surface area contributed by atoms with Crippen molar-refractivity contribution >= 4 is 28.3 Å². The van der Waals surface area contributed by atoms with Crippen molar-refractivity contribution in [1.82, 2.24) is 0 Å². The first-order valence-corrected chi connectivity index (χ1v) is 6.96. The summed E-state index contributed by atoms with van der Waals surface area (Å²) in [5.41, 5.74) is 1.04. The van der Waals surface area contributed by atoms with Gasteiger partial charge in [-0.15, -0.1) is 11.6 Å². The van der Waals surface area contributed by atoms with E-state index in [-0.39, 0.29) is 12.3 Å². The second-order valence-corrected chi connectivity index (χ2v) is 5.56. The predicted molar refractivity (Wildman–Crippen MR) is 80.3 cm³/mol. The Kier molecular flexibility index (Phi) is 4.63. The van der Waals surface area contributed by atoms with Crippen LogP contribution in [0.4, 0.5) is 0 Å². The molecule has 0 aliphatic carbocycles. The number of hydrogen-bond donors (Lipinski definition) is 2. The van der Waals surface area contributed by atoms with E-state index in [1.54, 1.807) is 0 Å². The van der Waals surface area contributed by atoms with Gasteiger partial charge in [-0.3, -0.25) is 0 Å². The zero-order chi connectivity index (χ0) is 14.7. The molecule has 4 heteroatoms. The highest BCUT2D eigenvalue weighted by Gasteiger charge is 2.23. The molecule has 0 spiro atoms. The standard InChI is InChI=1S/C16H17ClO3/c1-10(14(17)9-15(18)16(19)20)12-7-6-11-4-2-3-5-13(11)8-12/h2-8,10,14-15,18H,9H2,1H3,(H,19,20). The van der Waals surface area contributed by atoms with Gasteiger partial charge < -0.3 is 10.2 Å². The molecule has 2 aromatic carbocycles. The smallest absolute Gasteiger partial charge is 0.332 e. The number of aliphatic hydroxyl groups excluding tert-OH is 1. The van der Waals surface area contributed by atoms with Crippen LogP contribution in [0.5, 0.6) is 0 Å². The van der Waals surface area contributed by atoms with E-state index in [2.05, 4.69) is 6.07 Å². The zero-order valence-electron chi connectivity index (χ0n) is 11.2. The maximum atomic E-state index is 10.7. The van der Waals surface area contributed by atoms with E-state index < -0.39 is 17.5 Å². The van der Waals surface area contributed by atoms with Gasteiger partial charge in [-0.2, -0.15) is 0 Å². The highest BCUT2D eigenvalue weighted by Crippen LogP contribution is 2.29. The Bertz CT molecular complexity index is 611. The van der Waals surface area contributed by atoms with Gasteiger partial charge >= 0.3 is 5.97 Å². The lowest BCUT2D eigenvalue weighted by Crippen LogP contribution is -2.25. The Morgan fingerprint density at radius 3 is 2.50 bits per heavy atom. The first-order valence-electron chi connectivity index (χ1n) is 6.52. The van der Waals surface area contributed by atoms with Gasteiger partial charge in [0.1, 0.15) is 0 Å². The van der Waals surface area contributed by atoms with Crippen LogP contribution >= 0.6 is 11.6 Å². The van der Waals surface area contributed by atoms with Crippen LogP contribution in [0.25, 0.3) is 10.8 Å². The lowest BCUT2D eigenvalue weighted by molar-refractivity contribution is -0.146. The molecule has 3 atom stereocenters. The highest BCUT2D eigenvalue weighted by molar-refractivity contribution is 6.21. The number of carbonyl (C=O) groups is 1. The summed E-state index contributed by atoms with van der Waals surface area (Å²) in [7, 11) is 0. The number of aliphatic hydroxyl groups is 1. The Hall–Kier alpha value is -1.58. The highest BCUT2D eigenvalue weighted by atomic mass is 35.5. The average Bonchev–Trinajstić information content (AvgIpc) is 2.45. The van der Waals surface area contributed by atoms with Gasteiger partial charge in [0.25, 0.3) is 0 Å². The van der Waals surface area contributed by atoms with E-state index in [1.807, 2.05) is 43.3 Å². The average molecular weight is 293 g/mol. The van der Waals surface area contributed by atoms with Gasteiger partial charge in [-0.1, -0.05) is 49.4 Å². The van der Waals surface area contributed by atoms with Crippen LogP contribution in [0.1, 0.15) is 24.8 Å². The Morgan fingerprint density at radius 2 is 1.85 bits per heavy atom. The molecular formula is C16H17ClO3. The van der Waals surface area contributed by atoms with Crippen LogP contribution in [0.15, 0.2) is 42.5 Å². The maximum Gasteiger partial charge on any atom is 0.332 e. The summed E-state index contributed by atoms with van der Waals surface area (Å²) in [6, 6.07) is 14.1. The van der Waals surface area contributed by atoms with Crippen molar-refractivity contribution in [2.45, 2.75) is 30.7 Å². The minimum absolute atomic E-state index is 0.0322. The fourth-order valence-corrected chi connectivity index (χ4v) is 2.53. The molecule has 0 aliphatic heterocycles. The molecule has 2 N–H and O–H groups in total. The van der Waals surface area contributed by atoms with Gasteiger partial charge in [-0.05, 0) is 22.3 Å². The molecule has 3 nitrogen and oxygen atoms in total. The third-order valence-corrected chi connectivity index (χ3v) is 4.13. The number of alkyl halides is 1. The van der Waals surface area contributed by atoms with Gasteiger partial charge in [0.05, 0.1) is 0 Å². The molecule has 3 unspecified atom stereocenters. The van der Waals surface area contributed by atoms with Crippen molar-refractivity contribution in [2.75, 3.05) is 0 Å². The van der Waals surface area contributed by atoms with Crippen molar-refractivity contribution in [3.05, 3.63) is 48.0 Å². The van der Waals surface area contributed by atoms with Gasteiger partial charge in [0, 0.05) is 11.8 Å². The summed E-state index contributed by atoms with van der Waals surface area (Å²) >= 11 is 6.23. The number of aliphatic carboxylic acids is 1. The topological polar surface area (TPSA) is 57.5 Å². The molecule has 0 fully saturated rings. The van der Waals surface area contributed by atoms with Crippen LogP contribution in [0.3, 0.4) is 0 Å². The fraction of sp³-hybridized carbons (Fsp3) is 0.312. The van der Waals surface area contributed by atoms with E-state index in [0.717, 1.165) is 16.3 Å². The summed E-state index contributed by atoms with van der Waals surface area (Å²) in [6.07, 6.45) is -1.38. The lowest BCUT2D eigenvalue weighted by Gasteiger charge is -2.20. The number of rotatable bonds is 5. The van der Waals surface area contributed by atoms with Crippen LogP contribution < -0.4 is 0 Å². The maximum absolute atomic E-state index is 10.7. The largest absolute Gasteiger partial charge is 0.479 e. The number of carboxylic acids is 1. The van der Waals surface area contributed by atoms with E-state index >= 15 is 0 Å². The van der Waals surface area contributed by atoms with E-state index in [4.69, 9.17) is 16.7 Å². The van der Waals surface area contributed by atoms with Crippen molar-refractivity contribution in [1.29, 1.82) is 0 Å². The molecule has 0 saturated heterocycles. The quantitative estimate of drug-likeness (QED) is 0.831. The number of halogens is 1. The van der Waals surface area contributed by atoms with Crippen molar-refractivity contribution < 1.29 is 15.0 Å². The Labute approximate surface area is 122 Å². The van der Waals surface area contributed by atoms with Crippen molar-refractivity contribution in [3.63, 3.8) is 0 Å². The first kappa shape index (κ1) is 14.8. The third kappa shape index (κ3) is 3.30. The number of carboxylic acid groups (broad SMARTS) is 1. The van der Waals surface area contributed by atoms with Crippen LogP contribution in [0, 0.1) is 0 Å². The molecular weight excluding hydrogens is 276 g/mol. The van der Waals surface area contributed by atoms with Gasteiger partial charge in [0.15, 0.2) is 6.10 Å². The fourth-order valence-electron chi connectivity index (χ4n) is 2.22. The molecule has 0 amide bonds. The Balaban J connectivity index is 2.17. The minimum atomic E-state index is -1.42. The van der Waals surface area contributed by atoms with E-state index in [1.165, 1.54) is 0 Å². The van der Waals surface area contributed by atoms with Crippen molar-refractivity contribution in [3.8, 4) is 0 Å². The van der Waals surface area contributed by atoms with Crippen molar-refractivity contribution in [2.24, 2.45) is 0 Å². The summed E-state index contributed by atoms with van der Waals surface area (Å²) in [6.45, 7) is 1.94. The summed E-state index contributed by atoms with van der Waals surface area (Å²) in [5.74, 6) is -1.27. The molecule has 0 aliphatic rings. The first-order chi connectivity index (χ1) is 9.49. The molecule has 0 heterocycles. The van der Waals surface area contributed by atoms with E-state index in [0.29, 0.717) is 0 Å². The lowest BCUT2D eigenvalue weighted by atomic mass is 9.92.